The van der Waals surface area contributed by atoms with E-state index in [1.807, 2.05) is 11.0 Å². The maximum absolute atomic E-state index is 13.2. The number of pyridine rings is 1. The van der Waals surface area contributed by atoms with Crippen molar-refractivity contribution in [1.29, 1.82) is 0 Å². The Hall–Kier alpha value is -4.94. The molecule has 0 radical (unpaired) electrons. The van der Waals surface area contributed by atoms with Gasteiger partial charge in [-0.2, -0.15) is 14.7 Å². The monoisotopic (exact) mass is 540 g/mol. The molecule has 13 heteroatoms. The minimum absolute atomic E-state index is 0.0182. The topological polar surface area (TPSA) is 166 Å². The predicted octanol–water partition coefficient (Wildman–Crippen LogP) is 2.65. The summed E-state index contributed by atoms with van der Waals surface area (Å²) in [6.07, 6.45) is 9.06. The first-order chi connectivity index (χ1) is 20.6. The van der Waals surface area contributed by atoms with Gasteiger partial charge in [-0.3, -0.25) is 19.3 Å². The number of nitrogens with zero attached hydrogens (tertiary/aromatic N) is 9. The lowest BCUT2D eigenvalue weighted by molar-refractivity contribution is 0.0556. The molecule has 7 rings (SSSR count). The van der Waals surface area contributed by atoms with Gasteiger partial charge >= 0.3 is 0 Å². The van der Waals surface area contributed by atoms with Crippen molar-refractivity contribution in [2.75, 3.05) is 5.73 Å². The number of amides is 1. The summed E-state index contributed by atoms with van der Waals surface area (Å²) < 4.78 is 25.0. The van der Waals surface area contributed by atoms with Crippen molar-refractivity contribution in [3.8, 4) is 22.5 Å². The molecule has 0 spiro atoms. The number of piperidine rings is 1. The van der Waals surface area contributed by atoms with Gasteiger partial charge in [0.2, 0.25) is 5.82 Å². The van der Waals surface area contributed by atoms with Gasteiger partial charge in [-0.05, 0) is 44.7 Å². The number of carbonyl (C=O) groups excluding carboxylic acids is 2. The number of hydrogen-bond acceptors (Lipinski definition) is 9. The van der Waals surface area contributed by atoms with Gasteiger partial charge in [0.25, 0.3) is 5.91 Å². The van der Waals surface area contributed by atoms with Crippen LogP contribution < -0.4 is 5.73 Å². The molecule has 202 valence electrons. The van der Waals surface area contributed by atoms with Crippen molar-refractivity contribution < 1.29 is 13.7 Å². The Kier molecular flexibility index (Phi) is 4.75. The number of aromatic amines is 1. The highest BCUT2D eigenvalue weighted by Crippen LogP contribution is 2.45. The number of Topliss-reactive ketones (excluding diaryl/α,β-unsaturated/α-hetero) is 1. The summed E-state index contributed by atoms with van der Waals surface area (Å²) in [6, 6.07) is 5.14. The molecular weight excluding hydrogens is 510 g/mol. The van der Waals surface area contributed by atoms with Crippen LogP contribution in [0.2, 0.25) is 0 Å². The second kappa shape index (κ2) is 9.07. The Morgan fingerprint density at radius 2 is 1.95 bits per heavy atom. The summed E-state index contributed by atoms with van der Waals surface area (Å²) in [5, 5.41) is 16.2. The number of aromatic nitrogens is 9. The fraction of sp³-hybridized carbons (Fsp3) is 0.333. The van der Waals surface area contributed by atoms with E-state index in [1.54, 1.807) is 24.5 Å². The zero-order valence-corrected chi connectivity index (χ0v) is 21.5. The fourth-order valence-electron chi connectivity index (χ4n) is 6.22. The van der Waals surface area contributed by atoms with E-state index in [0.717, 1.165) is 23.1 Å². The van der Waals surface area contributed by atoms with E-state index in [2.05, 4.69) is 30.4 Å². The molecule has 5 aromatic rings. The quantitative estimate of drug-likeness (QED) is 0.319. The summed E-state index contributed by atoms with van der Waals surface area (Å²) in [5.41, 5.74) is 10.4. The number of nitrogens with one attached hydrogen (secondary N) is 1. The third-order valence-electron chi connectivity index (χ3n) is 7.96. The maximum atomic E-state index is 13.2. The van der Waals surface area contributed by atoms with Gasteiger partial charge < -0.3 is 15.6 Å². The van der Waals surface area contributed by atoms with E-state index in [0.29, 0.717) is 46.7 Å². The van der Waals surface area contributed by atoms with E-state index in [-0.39, 0.29) is 41.3 Å². The number of nitrogen functional groups attached to an aromatic ring is 1. The number of H-pyrrole nitrogens is 1. The average Bonchev–Trinajstić information content (AvgIpc) is 3.78. The number of hydrogen-bond donors (Lipinski definition) is 2. The molecule has 7 heterocycles. The van der Waals surface area contributed by atoms with Crippen LogP contribution >= 0.6 is 0 Å². The Labute approximate surface area is 232 Å². The number of ketones is 1. The van der Waals surface area contributed by atoms with Gasteiger partial charge in [0.1, 0.15) is 17.8 Å². The molecule has 0 aliphatic carbocycles. The van der Waals surface area contributed by atoms with Gasteiger partial charge in [-0.25, -0.2) is 4.98 Å². The van der Waals surface area contributed by atoms with Crippen LogP contribution in [0.4, 0.5) is 5.82 Å². The lowest BCUT2D eigenvalue weighted by Gasteiger charge is -2.38. The van der Waals surface area contributed by atoms with E-state index < -0.39 is 6.98 Å². The highest BCUT2D eigenvalue weighted by Gasteiger charge is 2.45. The van der Waals surface area contributed by atoms with Crippen LogP contribution in [0.5, 0.6) is 0 Å². The van der Waals surface area contributed by atoms with Crippen LogP contribution in [0, 0.1) is 0 Å². The summed E-state index contributed by atoms with van der Waals surface area (Å²) in [7, 11) is 0. The molecule has 5 aromatic heterocycles. The number of aryl methyl sites for hydroxylation is 1. The van der Waals surface area contributed by atoms with Crippen molar-refractivity contribution >= 4 is 23.2 Å². The highest BCUT2D eigenvalue weighted by atomic mass is 16.2. The molecule has 0 saturated carbocycles. The van der Waals surface area contributed by atoms with E-state index in [9.17, 15) is 9.59 Å². The Morgan fingerprint density at radius 1 is 1.12 bits per heavy atom. The molecule has 1 amide bonds. The van der Waals surface area contributed by atoms with Crippen LogP contribution in [0.3, 0.4) is 0 Å². The first-order valence-electron chi connectivity index (χ1n) is 14.5. The van der Waals surface area contributed by atoms with Gasteiger partial charge in [-0.15, -0.1) is 10.2 Å². The molecular formula is C27H27N11O2. The molecule has 0 unspecified atom stereocenters. The predicted molar refractivity (Wildman–Crippen MR) is 144 cm³/mol. The van der Waals surface area contributed by atoms with Crippen LogP contribution in [-0.2, 0) is 6.98 Å². The third-order valence-corrected chi connectivity index (χ3v) is 7.96. The Morgan fingerprint density at radius 3 is 2.60 bits per heavy atom. The standard InChI is InChI=1S/C27H27N11O2/c1-14(39)22-23(16-9-17-4-5-18(10-16)37(17)27(40)25-30-13-31-34-25)33-26-19(12-32-38(26)24(22)28)15-3-6-20(29-11-15)21-7-8-36(2)35-21/h3,6-8,11-13,16-18H,4-5,9-10,28H2,1-2H3,(H,30,31,34)/t16-,17+,18-/i2D3. The lowest BCUT2D eigenvalue weighted by atomic mass is 9.85. The molecule has 2 aliphatic heterocycles. The zero-order valence-electron chi connectivity index (χ0n) is 24.5. The molecule has 2 aliphatic rings. The minimum Gasteiger partial charge on any atom is -0.383 e. The Bertz CT molecular complexity index is 1850. The second-order valence-electron chi connectivity index (χ2n) is 10.3. The van der Waals surface area contributed by atoms with Crippen molar-refractivity contribution in [2.24, 2.45) is 6.98 Å². The van der Waals surface area contributed by atoms with Crippen LogP contribution in [-0.4, -0.2) is 73.2 Å². The fourth-order valence-corrected chi connectivity index (χ4v) is 6.22. The first-order valence-corrected chi connectivity index (χ1v) is 13.0. The number of carbonyl (C=O) groups is 2. The van der Waals surface area contributed by atoms with E-state index in [4.69, 9.17) is 14.8 Å². The second-order valence-corrected chi connectivity index (χ2v) is 10.3. The molecule has 2 bridgehead atoms. The van der Waals surface area contributed by atoms with Crippen LogP contribution in [0.1, 0.15) is 69.3 Å². The number of anilines is 1. The third kappa shape index (κ3) is 3.76. The summed E-state index contributed by atoms with van der Waals surface area (Å²) in [4.78, 5) is 40.3. The van der Waals surface area contributed by atoms with Crippen molar-refractivity contribution in [1.82, 2.24) is 49.4 Å². The highest BCUT2D eigenvalue weighted by molar-refractivity contribution is 6.00. The first kappa shape index (κ1) is 21.0. The lowest BCUT2D eigenvalue weighted by Crippen LogP contribution is -2.46. The molecule has 3 atom stereocenters. The molecule has 2 saturated heterocycles. The van der Waals surface area contributed by atoms with Gasteiger partial charge in [-0.1, -0.05) is 6.07 Å². The molecule has 0 aromatic carbocycles. The normalized spacial score (nSPS) is 21.8. The molecule has 40 heavy (non-hydrogen) atoms. The van der Waals surface area contributed by atoms with Crippen LogP contribution in [0.25, 0.3) is 28.2 Å². The molecule has 13 nitrogen and oxygen atoms in total. The smallest absolute Gasteiger partial charge is 0.292 e. The average molecular weight is 541 g/mol. The molecule has 3 N–H and O–H groups in total. The van der Waals surface area contributed by atoms with Gasteiger partial charge in [0.05, 0.1) is 23.1 Å². The van der Waals surface area contributed by atoms with Crippen molar-refractivity contribution in [3.63, 3.8) is 0 Å². The van der Waals surface area contributed by atoms with E-state index >= 15 is 0 Å². The maximum Gasteiger partial charge on any atom is 0.292 e. The van der Waals surface area contributed by atoms with Crippen LogP contribution in [0.15, 0.2) is 43.1 Å². The van der Waals surface area contributed by atoms with Crippen molar-refractivity contribution in [3.05, 3.63) is 60.2 Å². The summed E-state index contributed by atoms with van der Waals surface area (Å²) in [6.45, 7) is -0.902. The Balaban J connectivity index is 1.23. The number of rotatable bonds is 5. The summed E-state index contributed by atoms with van der Waals surface area (Å²) in [5.74, 6) is -0.0193. The van der Waals surface area contributed by atoms with E-state index in [1.165, 1.54) is 24.0 Å². The minimum atomic E-state index is -2.38. The SMILES string of the molecule is [2H]C([2H])([2H])n1ccc(-c2ccc(-c3cnn4c(N)c(C(C)=O)c([C@H]5C[C@H]6CC[C@@H](C5)N6C(=O)c5nnc[nH]5)nc34)cn2)n1. The summed E-state index contributed by atoms with van der Waals surface area (Å²) >= 11 is 0. The number of fused-ring (bicyclic) bond motifs is 3. The largest absolute Gasteiger partial charge is 0.383 e. The van der Waals surface area contributed by atoms with Gasteiger partial charge in [0.15, 0.2) is 11.4 Å². The zero-order chi connectivity index (χ0) is 30.0. The van der Waals surface area contributed by atoms with Gasteiger partial charge in [0, 0.05) is 52.6 Å². The number of nitrogens with two attached hydrogens (primary N) is 1. The molecule has 2 fully saturated rings. The van der Waals surface area contributed by atoms with Crippen molar-refractivity contribution in [2.45, 2.75) is 50.6 Å².